The SMILES string of the molecule is Cn1ccc(NCc2cccc3c2CCCN3)n1. The van der Waals surface area contributed by atoms with Crippen LogP contribution in [0.2, 0.25) is 0 Å². The molecule has 4 heteroatoms. The fourth-order valence-electron chi connectivity index (χ4n) is 2.44. The van der Waals surface area contributed by atoms with E-state index >= 15 is 0 Å². The first-order valence-electron chi connectivity index (χ1n) is 6.41. The molecule has 0 fully saturated rings. The van der Waals surface area contributed by atoms with E-state index in [4.69, 9.17) is 0 Å². The Balaban J connectivity index is 1.76. The van der Waals surface area contributed by atoms with Gasteiger partial charge in [0.15, 0.2) is 0 Å². The third kappa shape index (κ3) is 2.18. The predicted molar refractivity (Wildman–Crippen MR) is 73.8 cm³/mol. The van der Waals surface area contributed by atoms with Gasteiger partial charge in [0, 0.05) is 38.1 Å². The summed E-state index contributed by atoms with van der Waals surface area (Å²) in [5.41, 5.74) is 4.11. The second-order valence-electron chi connectivity index (χ2n) is 4.70. The minimum absolute atomic E-state index is 0.835. The zero-order valence-corrected chi connectivity index (χ0v) is 10.6. The quantitative estimate of drug-likeness (QED) is 0.868. The lowest BCUT2D eigenvalue weighted by Gasteiger charge is -2.21. The Kier molecular flexibility index (Phi) is 2.92. The van der Waals surface area contributed by atoms with Crippen LogP contribution < -0.4 is 10.6 Å². The largest absolute Gasteiger partial charge is 0.385 e. The molecule has 0 unspecified atom stereocenters. The van der Waals surface area contributed by atoms with Crippen LogP contribution in [0.4, 0.5) is 11.5 Å². The van der Waals surface area contributed by atoms with Crippen LogP contribution in [0.25, 0.3) is 0 Å². The Labute approximate surface area is 107 Å². The summed E-state index contributed by atoms with van der Waals surface area (Å²) in [6.45, 7) is 1.92. The van der Waals surface area contributed by atoms with Crippen molar-refractivity contribution in [3.05, 3.63) is 41.6 Å². The van der Waals surface area contributed by atoms with E-state index in [0.29, 0.717) is 0 Å². The van der Waals surface area contributed by atoms with E-state index in [1.807, 2.05) is 24.0 Å². The van der Waals surface area contributed by atoms with Gasteiger partial charge in [-0.2, -0.15) is 5.10 Å². The van der Waals surface area contributed by atoms with Gasteiger partial charge in [0.05, 0.1) is 0 Å². The van der Waals surface area contributed by atoms with Gasteiger partial charge in [-0.1, -0.05) is 12.1 Å². The average molecular weight is 242 g/mol. The maximum Gasteiger partial charge on any atom is 0.148 e. The molecule has 1 aliphatic heterocycles. The fourth-order valence-corrected chi connectivity index (χ4v) is 2.44. The third-order valence-electron chi connectivity index (χ3n) is 3.37. The van der Waals surface area contributed by atoms with Crippen LogP contribution in [-0.4, -0.2) is 16.3 Å². The van der Waals surface area contributed by atoms with Crippen LogP contribution in [0.5, 0.6) is 0 Å². The molecule has 1 aromatic heterocycles. The summed E-state index contributed by atoms with van der Waals surface area (Å²) in [7, 11) is 1.93. The maximum atomic E-state index is 4.33. The Hall–Kier alpha value is -1.97. The van der Waals surface area contributed by atoms with Crippen LogP contribution in [-0.2, 0) is 20.0 Å². The predicted octanol–water partition coefficient (Wildman–Crippen LogP) is 2.39. The summed E-state index contributed by atoms with van der Waals surface area (Å²) in [6, 6.07) is 8.47. The molecule has 0 atom stereocenters. The normalized spacial score (nSPS) is 13.8. The smallest absolute Gasteiger partial charge is 0.148 e. The number of nitrogens with zero attached hydrogens (tertiary/aromatic N) is 2. The summed E-state index contributed by atoms with van der Waals surface area (Å²) >= 11 is 0. The molecule has 0 saturated carbocycles. The minimum atomic E-state index is 0.835. The van der Waals surface area contributed by atoms with Crippen LogP contribution in [0.1, 0.15) is 17.5 Å². The summed E-state index contributed by atoms with van der Waals surface area (Å²) < 4.78 is 1.81. The standard InChI is InChI=1S/C14H18N4/c1-18-9-7-14(17-18)16-10-11-4-2-6-13-12(11)5-3-8-15-13/h2,4,6-7,9,15H,3,5,8,10H2,1H3,(H,16,17). The topological polar surface area (TPSA) is 41.9 Å². The first-order valence-corrected chi connectivity index (χ1v) is 6.41. The summed E-state index contributed by atoms with van der Waals surface area (Å²) in [6.07, 6.45) is 4.33. The molecule has 4 nitrogen and oxygen atoms in total. The van der Waals surface area contributed by atoms with E-state index in [9.17, 15) is 0 Å². The Bertz CT molecular complexity index is 544. The maximum absolute atomic E-state index is 4.33. The number of hydrogen-bond acceptors (Lipinski definition) is 3. The molecule has 1 aliphatic rings. The van der Waals surface area contributed by atoms with Crippen LogP contribution >= 0.6 is 0 Å². The van der Waals surface area contributed by atoms with Gasteiger partial charge >= 0.3 is 0 Å². The summed E-state index contributed by atoms with van der Waals surface area (Å²) in [5, 5.41) is 11.2. The van der Waals surface area contributed by atoms with Crippen molar-refractivity contribution < 1.29 is 0 Å². The second kappa shape index (κ2) is 4.72. The van der Waals surface area contributed by atoms with Crippen molar-refractivity contribution in [2.75, 3.05) is 17.2 Å². The lowest BCUT2D eigenvalue weighted by molar-refractivity contribution is 0.767. The van der Waals surface area contributed by atoms with Crippen molar-refractivity contribution in [2.45, 2.75) is 19.4 Å². The van der Waals surface area contributed by atoms with Gasteiger partial charge in [0.1, 0.15) is 5.82 Å². The highest BCUT2D eigenvalue weighted by atomic mass is 15.3. The highest BCUT2D eigenvalue weighted by Gasteiger charge is 2.12. The van der Waals surface area contributed by atoms with Gasteiger partial charge in [-0.05, 0) is 30.0 Å². The van der Waals surface area contributed by atoms with E-state index in [0.717, 1.165) is 18.9 Å². The average Bonchev–Trinajstić information content (AvgIpc) is 2.82. The Morgan fingerprint density at radius 2 is 2.33 bits per heavy atom. The number of aryl methyl sites for hydroxylation is 1. The molecule has 0 amide bonds. The first kappa shape index (κ1) is 11.1. The van der Waals surface area contributed by atoms with Crippen LogP contribution in [0, 0.1) is 0 Å². The Morgan fingerprint density at radius 3 is 3.17 bits per heavy atom. The molecule has 94 valence electrons. The number of rotatable bonds is 3. The molecule has 2 N–H and O–H groups in total. The summed E-state index contributed by atoms with van der Waals surface area (Å²) in [4.78, 5) is 0. The highest BCUT2D eigenvalue weighted by molar-refractivity contribution is 5.57. The number of nitrogens with one attached hydrogen (secondary N) is 2. The van der Waals surface area contributed by atoms with Gasteiger partial charge in [0.2, 0.25) is 0 Å². The fraction of sp³-hybridized carbons (Fsp3) is 0.357. The lowest BCUT2D eigenvalue weighted by atomic mass is 9.97. The zero-order chi connectivity index (χ0) is 12.4. The van der Waals surface area contributed by atoms with Crippen LogP contribution in [0.15, 0.2) is 30.5 Å². The molecule has 0 aliphatic carbocycles. The van der Waals surface area contributed by atoms with Gasteiger partial charge < -0.3 is 10.6 Å². The van der Waals surface area contributed by atoms with Gasteiger partial charge in [0.25, 0.3) is 0 Å². The monoisotopic (exact) mass is 242 g/mol. The number of hydrogen-bond donors (Lipinski definition) is 2. The third-order valence-corrected chi connectivity index (χ3v) is 3.37. The van der Waals surface area contributed by atoms with Crippen molar-refractivity contribution in [3.8, 4) is 0 Å². The van der Waals surface area contributed by atoms with Gasteiger partial charge in [-0.3, -0.25) is 4.68 Å². The van der Waals surface area contributed by atoms with Crippen molar-refractivity contribution in [1.29, 1.82) is 0 Å². The lowest BCUT2D eigenvalue weighted by Crippen LogP contribution is -2.14. The van der Waals surface area contributed by atoms with Crippen molar-refractivity contribution in [1.82, 2.24) is 9.78 Å². The number of anilines is 2. The van der Waals surface area contributed by atoms with Gasteiger partial charge in [-0.15, -0.1) is 0 Å². The van der Waals surface area contributed by atoms with Crippen molar-refractivity contribution >= 4 is 11.5 Å². The van der Waals surface area contributed by atoms with E-state index in [2.05, 4.69) is 33.9 Å². The molecule has 2 heterocycles. The molecule has 18 heavy (non-hydrogen) atoms. The minimum Gasteiger partial charge on any atom is -0.385 e. The molecule has 0 saturated heterocycles. The number of fused-ring (bicyclic) bond motifs is 1. The van der Waals surface area contributed by atoms with Crippen molar-refractivity contribution in [2.24, 2.45) is 7.05 Å². The van der Waals surface area contributed by atoms with Crippen LogP contribution in [0.3, 0.4) is 0 Å². The van der Waals surface area contributed by atoms with E-state index in [1.165, 1.54) is 29.7 Å². The molecule has 3 rings (SSSR count). The van der Waals surface area contributed by atoms with Crippen molar-refractivity contribution in [3.63, 3.8) is 0 Å². The number of benzene rings is 1. The first-order chi connectivity index (χ1) is 8.83. The zero-order valence-electron chi connectivity index (χ0n) is 10.6. The molecular weight excluding hydrogens is 224 g/mol. The summed E-state index contributed by atoms with van der Waals surface area (Å²) in [5.74, 6) is 0.930. The van der Waals surface area contributed by atoms with E-state index < -0.39 is 0 Å². The molecule has 0 spiro atoms. The molecular formula is C14H18N4. The van der Waals surface area contributed by atoms with E-state index in [1.54, 1.807) is 0 Å². The number of aromatic nitrogens is 2. The van der Waals surface area contributed by atoms with Gasteiger partial charge in [-0.25, -0.2) is 0 Å². The highest BCUT2D eigenvalue weighted by Crippen LogP contribution is 2.25. The molecule has 0 radical (unpaired) electrons. The van der Waals surface area contributed by atoms with E-state index in [-0.39, 0.29) is 0 Å². The second-order valence-corrected chi connectivity index (χ2v) is 4.70. The molecule has 2 aromatic rings. The molecule has 1 aromatic carbocycles. The molecule has 0 bridgehead atoms. The Morgan fingerprint density at radius 1 is 1.39 bits per heavy atom.